The topological polar surface area (TPSA) is 107 Å². The number of sulfonamides is 1. The fraction of sp³-hybridized carbons (Fsp3) is 0.333. The van der Waals surface area contributed by atoms with Crippen molar-refractivity contribution in [3.8, 4) is 6.07 Å². The second kappa shape index (κ2) is 5.82. The van der Waals surface area contributed by atoms with E-state index in [1.807, 2.05) is 6.07 Å². The maximum Gasteiger partial charge on any atom is 0.322 e. The highest BCUT2D eigenvalue weighted by atomic mass is 32.2. The van der Waals surface area contributed by atoms with Crippen LogP contribution in [0.3, 0.4) is 0 Å². The Kier molecular flexibility index (Phi) is 4.64. The van der Waals surface area contributed by atoms with Gasteiger partial charge in [0.15, 0.2) is 0 Å². The molecule has 0 heterocycles. The third-order valence-electron chi connectivity index (χ3n) is 2.49. The van der Waals surface area contributed by atoms with Gasteiger partial charge in [0, 0.05) is 0 Å². The van der Waals surface area contributed by atoms with E-state index < -0.39 is 28.0 Å². The van der Waals surface area contributed by atoms with Crippen molar-refractivity contribution in [3.05, 3.63) is 29.8 Å². The van der Waals surface area contributed by atoms with Gasteiger partial charge in [-0.3, -0.25) is 4.79 Å². The van der Waals surface area contributed by atoms with Crippen molar-refractivity contribution >= 4 is 16.0 Å². The lowest BCUT2D eigenvalue weighted by Gasteiger charge is -2.17. The molecule has 19 heavy (non-hydrogen) atoms. The second-order valence-corrected chi connectivity index (χ2v) is 6.03. The van der Waals surface area contributed by atoms with Gasteiger partial charge in [-0.05, 0) is 24.1 Å². The molecular weight excluding hydrogens is 268 g/mol. The number of hydrogen-bond donors (Lipinski definition) is 2. The molecule has 2 N–H and O–H groups in total. The molecule has 1 rings (SSSR count). The number of rotatable bonds is 5. The van der Waals surface area contributed by atoms with Crippen LogP contribution in [0.1, 0.15) is 19.4 Å². The third kappa shape index (κ3) is 3.77. The molecule has 7 heteroatoms. The van der Waals surface area contributed by atoms with Gasteiger partial charge in [0.1, 0.15) is 6.04 Å². The predicted octanol–water partition coefficient (Wildman–Crippen LogP) is 0.946. The number of hydrogen-bond acceptors (Lipinski definition) is 4. The Morgan fingerprint density at radius 3 is 2.53 bits per heavy atom. The largest absolute Gasteiger partial charge is 0.480 e. The fourth-order valence-electron chi connectivity index (χ4n) is 1.44. The molecule has 0 aliphatic rings. The Labute approximate surface area is 111 Å². The molecule has 6 nitrogen and oxygen atoms in total. The minimum absolute atomic E-state index is 0.126. The van der Waals surface area contributed by atoms with Crippen molar-refractivity contribution in [2.75, 3.05) is 0 Å². The zero-order chi connectivity index (χ0) is 14.6. The zero-order valence-electron chi connectivity index (χ0n) is 10.5. The number of carboxylic acids is 1. The van der Waals surface area contributed by atoms with E-state index in [4.69, 9.17) is 10.4 Å². The number of carboxylic acid groups (broad SMARTS) is 1. The van der Waals surface area contributed by atoms with E-state index in [0.717, 1.165) is 0 Å². The van der Waals surface area contributed by atoms with Crippen molar-refractivity contribution in [2.24, 2.45) is 5.92 Å². The summed E-state index contributed by atoms with van der Waals surface area (Å²) in [5.41, 5.74) is 0.194. The first-order valence-electron chi connectivity index (χ1n) is 5.53. The Bertz CT molecular complexity index is 617. The molecule has 0 aliphatic heterocycles. The maximum atomic E-state index is 12.0. The second-order valence-electron chi connectivity index (χ2n) is 4.32. The minimum Gasteiger partial charge on any atom is -0.480 e. The van der Waals surface area contributed by atoms with E-state index in [-0.39, 0.29) is 10.5 Å². The van der Waals surface area contributed by atoms with Gasteiger partial charge in [-0.15, -0.1) is 0 Å². The van der Waals surface area contributed by atoms with Crippen molar-refractivity contribution < 1.29 is 18.3 Å². The minimum atomic E-state index is -3.96. The smallest absolute Gasteiger partial charge is 0.322 e. The Hall–Kier alpha value is -1.91. The average Bonchev–Trinajstić information content (AvgIpc) is 2.35. The summed E-state index contributed by atoms with van der Waals surface area (Å²) < 4.78 is 26.2. The lowest BCUT2D eigenvalue weighted by molar-refractivity contribution is -0.140. The Balaban J connectivity index is 3.11. The molecule has 0 saturated heterocycles. The standard InChI is InChI=1S/C12H14N2O4S/c1-8(2)11(12(15)16)14-19(17,18)10-5-3-4-9(6-10)7-13/h3-6,8,11,14H,1-2H3,(H,15,16)/t11-/m0/s1. The van der Waals surface area contributed by atoms with Crippen LogP contribution in [-0.2, 0) is 14.8 Å². The molecular formula is C12H14N2O4S. The number of carbonyl (C=O) groups is 1. The van der Waals surface area contributed by atoms with Gasteiger partial charge in [0.05, 0.1) is 16.5 Å². The lowest BCUT2D eigenvalue weighted by atomic mass is 10.1. The molecule has 0 radical (unpaired) electrons. The van der Waals surface area contributed by atoms with Crippen LogP contribution in [0, 0.1) is 17.2 Å². The van der Waals surface area contributed by atoms with Gasteiger partial charge in [-0.2, -0.15) is 9.98 Å². The number of nitrogens with zero attached hydrogens (tertiary/aromatic N) is 1. The summed E-state index contributed by atoms with van der Waals surface area (Å²) >= 11 is 0. The van der Waals surface area contributed by atoms with Crippen LogP contribution < -0.4 is 4.72 Å². The summed E-state index contributed by atoms with van der Waals surface area (Å²) in [7, 11) is -3.96. The van der Waals surface area contributed by atoms with Gasteiger partial charge in [-0.25, -0.2) is 8.42 Å². The first-order valence-corrected chi connectivity index (χ1v) is 7.01. The molecule has 0 fully saturated rings. The van der Waals surface area contributed by atoms with E-state index in [1.165, 1.54) is 24.3 Å². The molecule has 0 unspecified atom stereocenters. The predicted molar refractivity (Wildman–Crippen MR) is 67.7 cm³/mol. The maximum absolute atomic E-state index is 12.0. The molecule has 0 aliphatic carbocycles. The summed E-state index contributed by atoms with van der Waals surface area (Å²) in [4.78, 5) is 10.9. The highest BCUT2D eigenvalue weighted by Gasteiger charge is 2.28. The van der Waals surface area contributed by atoms with Crippen LogP contribution in [0.5, 0.6) is 0 Å². The van der Waals surface area contributed by atoms with Crippen LogP contribution in [0.2, 0.25) is 0 Å². The monoisotopic (exact) mass is 282 g/mol. The number of nitrogens with one attached hydrogen (secondary N) is 1. The van der Waals surface area contributed by atoms with E-state index in [9.17, 15) is 13.2 Å². The van der Waals surface area contributed by atoms with Crippen LogP contribution in [-0.4, -0.2) is 25.5 Å². The van der Waals surface area contributed by atoms with Crippen molar-refractivity contribution in [1.82, 2.24) is 4.72 Å². The van der Waals surface area contributed by atoms with Crippen molar-refractivity contribution in [3.63, 3.8) is 0 Å². The van der Waals surface area contributed by atoms with E-state index in [0.29, 0.717) is 0 Å². The molecule has 0 spiro atoms. The molecule has 102 valence electrons. The molecule has 0 aromatic heterocycles. The van der Waals surface area contributed by atoms with E-state index >= 15 is 0 Å². The highest BCUT2D eigenvalue weighted by Crippen LogP contribution is 2.13. The van der Waals surface area contributed by atoms with Crippen LogP contribution in [0.15, 0.2) is 29.2 Å². The van der Waals surface area contributed by atoms with Crippen molar-refractivity contribution in [1.29, 1.82) is 5.26 Å². The van der Waals surface area contributed by atoms with Crippen LogP contribution in [0.4, 0.5) is 0 Å². The summed E-state index contributed by atoms with van der Waals surface area (Å²) in [6.45, 7) is 3.21. The van der Waals surface area contributed by atoms with E-state index in [2.05, 4.69) is 4.72 Å². The van der Waals surface area contributed by atoms with Gasteiger partial charge < -0.3 is 5.11 Å². The molecule has 1 aromatic rings. The highest BCUT2D eigenvalue weighted by molar-refractivity contribution is 7.89. The molecule has 0 amide bonds. The Morgan fingerprint density at radius 1 is 1.42 bits per heavy atom. The first kappa shape index (κ1) is 15.1. The molecule has 1 atom stereocenters. The SMILES string of the molecule is CC(C)[C@H](NS(=O)(=O)c1cccc(C#N)c1)C(=O)O. The average molecular weight is 282 g/mol. The number of benzene rings is 1. The summed E-state index contributed by atoms with van der Waals surface area (Å²) in [5.74, 6) is -1.64. The molecule has 1 aromatic carbocycles. The summed E-state index contributed by atoms with van der Waals surface area (Å²) in [5, 5.41) is 17.7. The van der Waals surface area contributed by atoms with Gasteiger partial charge in [0.25, 0.3) is 0 Å². The van der Waals surface area contributed by atoms with Gasteiger partial charge in [-0.1, -0.05) is 19.9 Å². The normalized spacial score (nSPS) is 12.9. The number of nitriles is 1. The summed E-state index contributed by atoms with van der Waals surface area (Å²) in [6.07, 6.45) is 0. The number of aliphatic carboxylic acids is 1. The third-order valence-corrected chi connectivity index (χ3v) is 3.93. The lowest BCUT2D eigenvalue weighted by Crippen LogP contribution is -2.44. The van der Waals surface area contributed by atoms with Crippen LogP contribution in [0.25, 0.3) is 0 Å². The zero-order valence-corrected chi connectivity index (χ0v) is 11.3. The van der Waals surface area contributed by atoms with Gasteiger partial charge in [0.2, 0.25) is 10.0 Å². The van der Waals surface area contributed by atoms with Crippen LogP contribution >= 0.6 is 0 Å². The fourth-order valence-corrected chi connectivity index (χ4v) is 2.82. The summed E-state index contributed by atoms with van der Waals surface area (Å²) in [6, 6.07) is 6.02. The quantitative estimate of drug-likeness (QED) is 0.836. The van der Waals surface area contributed by atoms with Gasteiger partial charge >= 0.3 is 5.97 Å². The van der Waals surface area contributed by atoms with E-state index in [1.54, 1.807) is 13.8 Å². The van der Waals surface area contributed by atoms with Crippen molar-refractivity contribution in [2.45, 2.75) is 24.8 Å². The molecule has 0 saturated carbocycles. The molecule has 0 bridgehead atoms. The first-order chi connectivity index (χ1) is 8.77. The Morgan fingerprint density at radius 2 is 2.05 bits per heavy atom.